The number of nitrogens with one attached hydrogen (secondary N) is 1. The number of hydrogen-bond donors (Lipinski definition) is 1. The number of ether oxygens (including phenoxy) is 1. The van der Waals surface area contributed by atoms with E-state index >= 15 is 0 Å². The van der Waals surface area contributed by atoms with Gasteiger partial charge in [0.2, 0.25) is 0 Å². The standard InChI is InChI=1S/C16H21N5O3S/c1-20(2)25(22,23)21-9-10-24-15(12-21)14-7-6-13(11-18-14)19-16-5-3-4-8-17-16/h3-8,11,15H,9-10,12H2,1-2H3,(H,17,19). The van der Waals surface area contributed by atoms with Crippen LogP contribution in [0.1, 0.15) is 11.8 Å². The molecule has 134 valence electrons. The maximum absolute atomic E-state index is 12.3. The molecule has 1 saturated heterocycles. The Bertz CT molecular complexity index is 796. The van der Waals surface area contributed by atoms with Gasteiger partial charge in [-0.05, 0) is 24.3 Å². The molecule has 1 aliphatic heterocycles. The highest BCUT2D eigenvalue weighted by Crippen LogP contribution is 2.24. The summed E-state index contributed by atoms with van der Waals surface area (Å²) in [6, 6.07) is 9.32. The molecule has 3 rings (SSSR count). The Balaban J connectivity index is 1.69. The van der Waals surface area contributed by atoms with Crippen LogP contribution < -0.4 is 5.32 Å². The first-order chi connectivity index (χ1) is 12.0. The van der Waals surface area contributed by atoms with Crippen molar-refractivity contribution in [3.63, 3.8) is 0 Å². The first-order valence-corrected chi connectivity index (χ1v) is 9.30. The van der Waals surface area contributed by atoms with E-state index in [-0.39, 0.29) is 12.6 Å². The van der Waals surface area contributed by atoms with Crippen molar-refractivity contribution in [1.29, 1.82) is 0 Å². The lowest BCUT2D eigenvalue weighted by Gasteiger charge is -2.33. The second-order valence-corrected chi connectivity index (χ2v) is 7.96. The van der Waals surface area contributed by atoms with Crippen molar-refractivity contribution >= 4 is 21.7 Å². The largest absolute Gasteiger partial charge is 0.369 e. The molecule has 25 heavy (non-hydrogen) atoms. The summed E-state index contributed by atoms with van der Waals surface area (Å²) in [4.78, 5) is 8.61. The summed E-state index contributed by atoms with van der Waals surface area (Å²) in [5.74, 6) is 0.731. The molecule has 1 fully saturated rings. The molecule has 0 radical (unpaired) electrons. The van der Waals surface area contributed by atoms with Gasteiger partial charge in [0.25, 0.3) is 10.2 Å². The Morgan fingerprint density at radius 1 is 1.24 bits per heavy atom. The quantitative estimate of drug-likeness (QED) is 0.864. The Morgan fingerprint density at radius 2 is 2.08 bits per heavy atom. The average molecular weight is 363 g/mol. The van der Waals surface area contributed by atoms with E-state index in [4.69, 9.17) is 4.74 Å². The molecular formula is C16H21N5O3S. The molecule has 0 aliphatic carbocycles. The second kappa shape index (κ2) is 7.44. The Hall–Kier alpha value is -2.07. The van der Waals surface area contributed by atoms with Crippen LogP contribution >= 0.6 is 0 Å². The first kappa shape index (κ1) is 17.7. The summed E-state index contributed by atoms with van der Waals surface area (Å²) in [7, 11) is -0.404. The molecule has 1 aliphatic rings. The Kier molecular flexibility index (Phi) is 5.28. The smallest absolute Gasteiger partial charge is 0.281 e. The van der Waals surface area contributed by atoms with Crippen LogP contribution in [0.3, 0.4) is 0 Å². The van der Waals surface area contributed by atoms with Gasteiger partial charge in [-0.3, -0.25) is 4.98 Å². The molecule has 1 atom stereocenters. The third-order valence-corrected chi connectivity index (χ3v) is 5.78. The van der Waals surface area contributed by atoms with Gasteiger partial charge in [-0.15, -0.1) is 0 Å². The first-order valence-electron chi connectivity index (χ1n) is 7.90. The summed E-state index contributed by atoms with van der Waals surface area (Å²) in [6.07, 6.45) is 3.01. The summed E-state index contributed by atoms with van der Waals surface area (Å²) >= 11 is 0. The zero-order valence-electron chi connectivity index (χ0n) is 14.2. The van der Waals surface area contributed by atoms with E-state index in [1.165, 1.54) is 22.7 Å². The monoisotopic (exact) mass is 363 g/mol. The fourth-order valence-electron chi connectivity index (χ4n) is 2.50. The Labute approximate surface area is 147 Å². The van der Waals surface area contributed by atoms with Crippen molar-refractivity contribution in [3.05, 3.63) is 48.4 Å². The van der Waals surface area contributed by atoms with Crippen molar-refractivity contribution in [2.24, 2.45) is 0 Å². The van der Waals surface area contributed by atoms with E-state index in [1.807, 2.05) is 30.3 Å². The van der Waals surface area contributed by atoms with E-state index in [0.29, 0.717) is 18.8 Å². The second-order valence-electron chi connectivity index (χ2n) is 5.82. The maximum Gasteiger partial charge on any atom is 0.281 e. The molecule has 0 spiro atoms. The van der Waals surface area contributed by atoms with Crippen LogP contribution in [0.25, 0.3) is 0 Å². The fourth-order valence-corrected chi connectivity index (χ4v) is 3.59. The summed E-state index contributed by atoms with van der Waals surface area (Å²) < 4.78 is 32.9. The van der Waals surface area contributed by atoms with Gasteiger partial charge >= 0.3 is 0 Å². The molecule has 2 aromatic rings. The minimum atomic E-state index is -3.45. The molecule has 0 saturated carbocycles. The molecule has 0 aromatic carbocycles. The van der Waals surface area contributed by atoms with Crippen molar-refractivity contribution in [2.75, 3.05) is 39.1 Å². The van der Waals surface area contributed by atoms with Crippen molar-refractivity contribution in [1.82, 2.24) is 18.6 Å². The lowest BCUT2D eigenvalue weighted by Crippen LogP contribution is -2.47. The number of hydrogen-bond acceptors (Lipinski definition) is 6. The lowest BCUT2D eigenvalue weighted by atomic mass is 10.2. The van der Waals surface area contributed by atoms with Gasteiger partial charge in [0.1, 0.15) is 11.9 Å². The van der Waals surface area contributed by atoms with Gasteiger partial charge in [-0.2, -0.15) is 17.0 Å². The minimum absolute atomic E-state index is 0.251. The summed E-state index contributed by atoms with van der Waals surface area (Å²) in [6.45, 7) is 0.935. The van der Waals surface area contributed by atoms with Crippen molar-refractivity contribution in [3.8, 4) is 0 Å². The molecule has 3 heterocycles. The van der Waals surface area contributed by atoms with E-state index < -0.39 is 10.2 Å². The molecule has 2 aromatic heterocycles. The van der Waals surface area contributed by atoms with Gasteiger partial charge in [0.05, 0.1) is 24.2 Å². The van der Waals surface area contributed by atoms with E-state index in [0.717, 1.165) is 11.5 Å². The van der Waals surface area contributed by atoms with Crippen LogP contribution in [-0.2, 0) is 14.9 Å². The van der Waals surface area contributed by atoms with E-state index in [2.05, 4.69) is 15.3 Å². The molecular weight excluding hydrogens is 342 g/mol. The topological polar surface area (TPSA) is 87.7 Å². The SMILES string of the molecule is CN(C)S(=O)(=O)N1CCOC(c2ccc(Nc3ccccn3)cn2)C1. The predicted octanol–water partition coefficient (Wildman–Crippen LogP) is 1.40. The van der Waals surface area contributed by atoms with Gasteiger partial charge in [0.15, 0.2) is 0 Å². The van der Waals surface area contributed by atoms with E-state index in [9.17, 15) is 8.42 Å². The van der Waals surface area contributed by atoms with Gasteiger partial charge in [-0.1, -0.05) is 6.07 Å². The normalized spacial score (nSPS) is 19.1. The maximum atomic E-state index is 12.3. The number of pyridine rings is 2. The van der Waals surface area contributed by atoms with Crippen LogP contribution in [0.4, 0.5) is 11.5 Å². The number of anilines is 2. The van der Waals surface area contributed by atoms with Crippen LogP contribution in [0.15, 0.2) is 42.7 Å². The highest BCUT2D eigenvalue weighted by atomic mass is 32.2. The number of morpholine rings is 1. The highest BCUT2D eigenvalue weighted by molar-refractivity contribution is 7.86. The third kappa shape index (κ3) is 4.13. The van der Waals surface area contributed by atoms with Gasteiger partial charge in [-0.25, -0.2) is 4.98 Å². The summed E-state index contributed by atoms with van der Waals surface area (Å²) in [5, 5.41) is 3.15. The van der Waals surface area contributed by atoms with Gasteiger partial charge < -0.3 is 10.1 Å². The zero-order valence-corrected chi connectivity index (χ0v) is 15.0. The predicted molar refractivity (Wildman–Crippen MR) is 94.6 cm³/mol. The fraction of sp³-hybridized carbons (Fsp3) is 0.375. The van der Waals surface area contributed by atoms with Crippen LogP contribution in [0.2, 0.25) is 0 Å². The van der Waals surface area contributed by atoms with E-state index in [1.54, 1.807) is 12.4 Å². The Morgan fingerprint density at radius 3 is 2.72 bits per heavy atom. The molecule has 1 N–H and O–H groups in total. The molecule has 8 nitrogen and oxygen atoms in total. The molecule has 1 unspecified atom stereocenters. The van der Waals surface area contributed by atoms with Crippen molar-refractivity contribution < 1.29 is 13.2 Å². The average Bonchev–Trinajstić information content (AvgIpc) is 2.63. The third-order valence-electron chi connectivity index (χ3n) is 3.87. The molecule has 0 amide bonds. The van der Waals surface area contributed by atoms with Crippen molar-refractivity contribution in [2.45, 2.75) is 6.10 Å². The van der Waals surface area contributed by atoms with Gasteiger partial charge in [0, 0.05) is 33.4 Å². The highest BCUT2D eigenvalue weighted by Gasteiger charge is 2.32. The number of nitrogens with zero attached hydrogens (tertiary/aromatic N) is 4. The number of rotatable bonds is 5. The van der Waals surface area contributed by atoms with Crippen LogP contribution in [0.5, 0.6) is 0 Å². The molecule has 9 heteroatoms. The lowest BCUT2D eigenvalue weighted by molar-refractivity contribution is -0.00621. The zero-order chi connectivity index (χ0) is 17.9. The summed E-state index contributed by atoms with van der Waals surface area (Å²) in [5.41, 5.74) is 1.50. The molecule has 0 bridgehead atoms. The number of aromatic nitrogens is 2. The minimum Gasteiger partial charge on any atom is -0.369 e. The van der Waals surface area contributed by atoms with Crippen LogP contribution in [-0.4, -0.2) is 60.8 Å². The van der Waals surface area contributed by atoms with Crippen LogP contribution in [0, 0.1) is 0 Å².